The third-order valence-electron chi connectivity index (χ3n) is 5.37. The Hall–Kier alpha value is -2.10. The number of nitrogens with one attached hydrogen (secondary N) is 2. The van der Waals surface area contributed by atoms with Gasteiger partial charge in [-0.15, -0.1) is 24.0 Å². The molecule has 7 nitrogen and oxygen atoms in total. The SMILES string of the molecule is CCNC(=NCc1cccc(Cn2ccnc2C)c1)NC1CCN(C(=O)C(C)C)C1.I. The first-order valence-electron chi connectivity index (χ1n) is 10.9. The highest BCUT2D eigenvalue weighted by molar-refractivity contribution is 14.0. The van der Waals surface area contributed by atoms with E-state index in [1.54, 1.807) is 0 Å². The normalized spacial score (nSPS) is 16.4. The summed E-state index contributed by atoms with van der Waals surface area (Å²) in [5, 5.41) is 6.83. The molecule has 0 bridgehead atoms. The molecule has 2 heterocycles. The summed E-state index contributed by atoms with van der Waals surface area (Å²) >= 11 is 0. The third-order valence-corrected chi connectivity index (χ3v) is 5.37. The molecule has 0 aliphatic carbocycles. The van der Waals surface area contributed by atoms with Gasteiger partial charge >= 0.3 is 0 Å². The number of halogens is 1. The minimum absolute atomic E-state index is 0. The van der Waals surface area contributed by atoms with Crippen molar-refractivity contribution in [3.05, 3.63) is 53.6 Å². The van der Waals surface area contributed by atoms with E-state index in [0.717, 1.165) is 44.4 Å². The van der Waals surface area contributed by atoms with E-state index in [-0.39, 0.29) is 41.8 Å². The van der Waals surface area contributed by atoms with Gasteiger partial charge in [-0.05, 0) is 31.4 Å². The van der Waals surface area contributed by atoms with Crippen LogP contribution in [0, 0.1) is 12.8 Å². The maximum Gasteiger partial charge on any atom is 0.225 e. The lowest BCUT2D eigenvalue weighted by atomic mass is 10.1. The number of hydrogen-bond acceptors (Lipinski definition) is 3. The molecule has 1 saturated heterocycles. The summed E-state index contributed by atoms with van der Waals surface area (Å²) in [5.41, 5.74) is 2.41. The van der Waals surface area contributed by atoms with Gasteiger partial charge < -0.3 is 20.1 Å². The summed E-state index contributed by atoms with van der Waals surface area (Å²) in [7, 11) is 0. The van der Waals surface area contributed by atoms with Gasteiger partial charge in [0.25, 0.3) is 0 Å². The van der Waals surface area contributed by atoms with Crippen LogP contribution in [0.4, 0.5) is 0 Å². The molecule has 0 radical (unpaired) electrons. The molecule has 31 heavy (non-hydrogen) atoms. The van der Waals surface area contributed by atoms with E-state index in [1.807, 2.05) is 38.1 Å². The first-order valence-corrected chi connectivity index (χ1v) is 10.9. The van der Waals surface area contributed by atoms with E-state index in [4.69, 9.17) is 4.99 Å². The summed E-state index contributed by atoms with van der Waals surface area (Å²) in [4.78, 5) is 23.2. The molecule has 8 heteroatoms. The van der Waals surface area contributed by atoms with E-state index in [1.165, 1.54) is 11.1 Å². The zero-order valence-electron chi connectivity index (χ0n) is 19.0. The number of benzene rings is 1. The maximum atomic E-state index is 12.2. The van der Waals surface area contributed by atoms with Crippen LogP contribution in [-0.4, -0.2) is 52.0 Å². The zero-order valence-corrected chi connectivity index (χ0v) is 21.3. The number of guanidine groups is 1. The standard InChI is InChI=1S/C23H34N6O.HI/c1-5-24-23(27-21-9-11-29(16-21)22(30)17(2)3)26-14-19-7-6-8-20(13-19)15-28-12-10-25-18(28)4;/h6-8,10,12-13,17,21H,5,9,11,14-16H2,1-4H3,(H2,24,26,27);1H. The van der Waals surface area contributed by atoms with Crippen molar-refractivity contribution in [1.82, 2.24) is 25.1 Å². The average Bonchev–Trinajstić information content (AvgIpc) is 3.35. The Labute approximate surface area is 202 Å². The predicted octanol–water partition coefficient (Wildman–Crippen LogP) is 3.17. The summed E-state index contributed by atoms with van der Waals surface area (Å²) in [6, 6.07) is 8.76. The van der Waals surface area contributed by atoms with Crippen LogP contribution in [0.5, 0.6) is 0 Å². The van der Waals surface area contributed by atoms with Crippen molar-refractivity contribution in [3.8, 4) is 0 Å². The number of nitrogens with zero attached hydrogens (tertiary/aromatic N) is 4. The second kappa shape index (κ2) is 12.1. The molecule has 2 N–H and O–H groups in total. The number of aromatic nitrogens is 2. The lowest BCUT2D eigenvalue weighted by molar-refractivity contribution is -0.133. The van der Waals surface area contributed by atoms with Gasteiger partial charge in [0.05, 0.1) is 6.54 Å². The molecule has 1 amide bonds. The number of likely N-dealkylation sites (tertiary alicyclic amines) is 1. The van der Waals surface area contributed by atoms with Gasteiger partial charge in [0.2, 0.25) is 5.91 Å². The summed E-state index contributed by atoms with van der Waals surface area (Å²) < 4.78 is 2.14. The lowest BCUT2D eigenvalue weighted by Crippen LogP contribution is -2.45. The fourth-order valence-corrected chi connectivity index (χ4v) is 3.72. The molecule has 1 unspecified atom stereocenters. The maximum absolute atomic E-state index is 12.2. The van der Waals surface area contributed by atoms with Crippen molar-refractivity contribution in [2.75, 3.05) is 19.6 Å². The van der Waals surface area contributed by atoms with Gasteiger partial charge in [-0.3, -0.25) is 4.79 Å². The second-order valence-corrected chi connectivity index (χ2v) is 8.19. The van der Waals surface area contributed by atoms with Crippen LogP contribution in [0.25, 0.3) is 0 Å². The number of amides is 1. The average molecular weight is 538 g/mol. The van der Waals surface area contributed by atoms with E-state index >= 15 is 0 Å². The Morgan fingerprint density at radius 3 is 2.77 bits per heavy atom. The molecule has 3 rings (SSSR count). The lowest BCUT2D eigenvalue weighted by Gasteiger charge is -2.20. The number of rotatable bonds is 7. The summed E-state index contributed by atoms with van der Waals surface area (Å²) in [5.74, 6) is 2.09. The second-order valence-electron chi connectivity index (χ2n) is 8.19. The quantitative estimate of drug-likeness (QED) is 0.323. The van der Waals surface area contributed by atoms with E-state index in [0.29, 0.717) is 6.54 Å². The highest BCUT2D eigenvalue weighted by atomic mass is 127. The fourth-order valence-electron chi connectivity index (χ4n) is 3.72. The minimum atomic E-state index is 0. The first kappa shape index (κ1) is 25.2. The van der Waals surface area contributed by atoms with Gasteiger partial charge in [0.1, 0.15) is 5.82 Å². The van der Waals surface area contributed by atoms with Gasteiger partial charge in [-0.1, -0.05) is 38.1 Å². The van der Waals surface area contributed by atoms with Gasteiger partial charge in [-0.25, -0.2) is 9.98 Å². The minimum Gasteiger partial charge on any atom is -0.357 e. The Kier molecular flexibility index (Phi) is 9.80. The highest BCUT2D eigenvalue weighted by Crippen LogP contribution is 2.13. The van der Waals surface area contributed by atoms with Crippen LogP contribution in [0.15, 0.2) is 41.7 Å². The van der Waals surface area contributed by atoms with Crippen LogP contribution in [0.3, 0.4) is 0 Å². The van der Waals surface area contributed by atoms with E-state index < -0.39 is 0 Å². The molecular formula is C23H35IN6O. The number of imidazole rings is 1. The Morgan fingerprint density at radius 2 is 2.10 bits per heavy atom. The van der Waals surface area contributed by atoms with Crippen molar-refractivity contribution in [3.63, 3.8) is 0 Å². The van der Waals surface area contributed by atoms with Crippen molar-refractivity contribution in [1.29, 1.82) is 0 Å². The number of aryl methyl sites for hydroxylation is 1. The van der Waals surface area contributed by atoms with Gasteiger partial charge in [0, 0.05) is 50.5 Å². The van der Waals surface area contributed by atoms with Crippen molar-refractivity contribution < 1.29 is 4.79 Å². The summed E-state index contributed by atoms with van der Waals surface area (Å²) in [6.07, 6.45) is 4.78. The monoisotopic (exact) mass is 538 g/mol. The molecule has 1 aliphatic rings. The van der Waals surface area contributed by atoms with Crippen LogP contribution >= 0.6 is 24.0 Å². The van der Waals surface area contributed by atoms with Crippen LogP contribution in [0.2, 0.25) is 0 Å². The van der Waals surface area contributed by atoms with E-state index in [9.17, 15) is 4.79 Å². The Morgan fingerprint density at radius 1 is 1.32 bits per heavy atom. The van der Waals surface area contributed by atoms with Crippen molar-refractivity contribution >= 4 is 35.8 Å². The van der Waals surface area contributed by atoms with Gasteiger partial charge in [0.15, 0.2) is 5.96 Å². The number of aliphatic imine (C=N–C) groups is 1. The Bertz CT molecular complexity index is 878. The zero-order chi connectivity index (χ0) is 21.5. The molecular weight excluding hydrogens is 503 g/mol. The molecule has 1 aromatic carbocycles. The molecule has 170 valence electrons. The van der Waals surface area contributed by atoms with Crippen LogP contribution in [0.1, 0.15) is 44.1 Å². The number of carbonyl (C=O) groups excluding carboxylic acids is 1. The molecule has 0 saturated carbocycles. The molecule has 1 fully saturated rings. The summed E-state index contributed by atoms with van der Waals surface area (Å²) in [6.45, 7) is 11.7. The van der Waals surface area contributed by atoms with Gasteiger partial charge in [-0.2, -0.15) is 0 Å². The predicted molar refractivity (Wildman–Crippen MR) is 136 cm³/mol. The topological polar surface area (TPSA) is 74.6 Å². The van der Waals surface area contributed by atoms with Crippen molar-refractivity contribution in [2.24, 2.45) is 10.9 Å². The highest BCUT2D eigenvalue weighted by Gasteiger charge is 2.27. The smallest absolute Gasteiger partial charge is 0.225 e. The van der Waals surface area contributed by atoms with Crippen LogP contribution < -0.4 is 10.6 Å². The first-order chi connectivity index (χ1) is 14.5. The molecule has 1 aliphatic heterocycles. The molecule has 2 aromatic rings. The van der Waals surface area contributed by atoms with Crippen molar-refractivity contribution in [2.45, 2.75) is 53.2 Å². The van der Waals surface area contributed by atoms with E-state index in [2.05, 4.69) is 51.4 Å². The third kappa shape index (κ3) is 7.22. The molecule has 0 spiro atoms. The number of carbonyl (C=O) groups is 1. The van der Waals surface area contributed by atoms with Crippen LogP contribution in [-0.2, 0) is 17.9 Å². The number of hydrogen-bond donors (Lipinski definition) is 2. The Balaban J connectivity index is 0.00000341. The fraction of sp³-hybridized carbons (Fsp3) is 0.522. The molecule has 1 atom stereocenters. The molecule has 1 aromatic heterocycles. The largest absolute Gasteiger partial charge is 0.357 e.